The number of rotatable bonds is 6. The molecule has 0 aliphatic carbocycles. The van der Waals surface area contributed by atoms with E-state index >= 15 is 0 Å². The number of hydrogen-bond donors (Lipinski definition) is 3. The summed E-state index contributed by atoms with van der Waals surface area (Å²) in [6.07, 6.45) is 1.00. The average molecular weight is 254 g/mol. The molecule has 0 saturated carbocycles. The van der Waals surface area contributed by atoms with Gasteiger partial charge in [0, 0.05) is 6.42 Å². The number of carbonyl (C=O) groups is 2. The monoisotopic (exact) mass is 254 g/mol. The van der Waals surface area contributed by atoms with Crippen molar-refractivity contribution in [2.75, 3.05) is 0 Å². The summed E-state index contributed by atoms with van der Waals surface area (Å²) in [6, 6.07) is -0.916. The van der Waals surface area contributed by atoms with Crippen molar-refractivity contribution >= 4 is 11.9 Å². The highest BCUT2D eigenvalue weighted by molar-refractivity contribution is 5.93. The van der Waals surface area contributed by atoms with Crippen LogP contribution in [-0.4, -0.2) is 38.2 Å². The second-order valence-corrected chi connectivity index (χ2v) is 4.45. The lowest BCUT2D eigenvalue weighted by atomic mass is 10.0. The molecule has 0 spiro atoms. The molecule has 1 atom stereocenters. The molecule has 7 nitrogen and oxygen atoms in total. The maximum absolute atomic E-state index is 11.8. The van der Waals surface area contributed by atoms with Crippen LogP contribution in [0.2, 0.25) is 0 Å². The summed E-state index contributed by atoms with van der Waals surface area (Å²) in [4.78, 5) is 26.7. The van der Waals surface area contributed by atoms with Gasteiger partial charge in [-0.25, -0.2) is 9.78 Å². The molecule has 100 valence electrons. The van der Waals surface area contributed by atoms with Crippen molar-refractivity contribution < 1.29 is 14.7 Å². The maximum Gasteiger partial charge on any atom is 0.326 e. The molecule has 1 amide bonds. The van der Waals surface area contributed by atoms with Crippen molar-refractivity contribution in [3.8, 4) is 0 Å². The number of aliphatic carboxylic acids is 1. The van der Waals surface area contributed by atoms with Gasteiger partial charge in [-0.15, -0.1) is 5.10 Å². The van der Waals surface area contributed by atoms with Crippen molar-refractivity contribution in [2.45, 2.75) is 39.7 Å². The Hall–Kier alpha value is -1.92. The lowest BCUT2D eigenvalue weighted by Gasteiger charge is -2.15. The summed E-state index contributed by atoms with van der Waals surface area (Å²) in [5.74, 6) is -0.884. The normalized spacial score (nSPS) is 12.4. The van der Waals surface area contributed by atoms with E-state index in [1.807, 2.05) is 20.8 Å². The van der Waals surface area contributed by atoms with Crippen LogP contribution in [0.5, 0.6) is 0 Å². The first kappa shape index (κ1) is 14.1. The fourth-order valence-corrected chi connectivity index (χ4v) is 1.47. The number of amides is 1. The third-order valence-corrected chi connectivity index (χ3v) is 2.38. The van der Waals surface area contributed by atoms with Gasteiger partial charge in [0.05, 0.1) is 0 Å². The fraction of sp³-hybridized carbons (Fsp3) is 0.636. The van der Waals surface area contributed by atoms with Gasteiger partial charge in [-0.2, -0.15) is 0 Å². The van der Waals surface area contributed by atoms with E-state index in [1.54, 1.807) is 0 Å². The summed E-state index contributed by atoms with van der Waals surface area (Å²) < 4.78 is 0. The first-order valence-electron chi connectivity index (χ1n) is 5.89. The Morgan fingerprint density at radius 3 is 2.56 bits per heavy atom. The Morgan fingerprint density at radius 1 is 1.44 bits per heavy atom. The Morgan fingerprint density at radius 2 is 2.11 bits per heavy atom. The summed E-state index contributed by atoms with van der Waals surface area (Å²) >= 11 is 0. The Balaban J connectivity index is 2.69. The minimum Gasteiger partial charge on any atom is -0.480 e. The Bertz CT molecular complexity index is 428. The molecule has 0 saturated heterocycles. The molecule has 1 unspecified atom stereocenters. The zero-order valence-electron chi connectivity index (χ0n) is 10.7. The van der Waals surface area contributed by atoms with Crippen LogP contribution in [0.1, 0.15) is 43.6 Å². The third-order valence-electron chi connectivity index (χ3n) is 2.38. The van der Waals surface area contributed by atoms with Crippen LogP contribution < -0.4 is 5.32 Å². The molecular weight excluding hydrogens is 236 g/mol. The lowest BCUT2D eigenvalue weighted by Crippen LogP contribution is -2.42. The summed E-state index contributed by atoms with van der Waals surface area (Å²) in [5, 5.41) is 17.8. The second kappa shape index (κ2) is 6.13. The van der Waals surface area contributed by atoms with Gasteiger partial charge in [0.25, 0.3) is 5.91 Å². The quantitative estimate of drug-likeness (QED) is 0.688. The average Bonchev–Trinajstić information content (AvgIpc) is 2.75. The molecule has 1 rings (SSSR count). The molecule has 0 radical (unpaired) electrons. The van der Waals surface area contributed by atoms with Crippen LogP contribution in [0.15, 0.2) is 0 Å². The van der Waals surface area contributed by atoms with E-state index in [2.05, 4.69) is 20.5 Å². The number of nitrogens with one attached hydrogen (secondary N) is 2. The molecule has 7 heteroatoms. The molecule has 0 fully saturated rings. The standard InChI is InChI=1S/C11H18N4O3/c1-4-8-13-9(15-14-8)10(16)12-7(11(17)18)5-6(2)3/h6-7H,4-5H2,1-3H3,(H,12,16)(H,17,18)(H,13,14,15). The van der Waals surface area contributed by atoms with Crippen LogP contribution in [0.3, 0.4) is 0 Å². The molecule has 1 aromatic rings. The molecule has 18 heavy (non-hydrogen) atoms. The summed E-state index contributed by atoms with van der Waals surface area (Å²) in [6.45, 7) is 5.66. The minimum absolute atomic E-state index is 0.0261. The van der Waals surface area contributed by atoms with Gasteiger partial charge in [-0.05, 0) is 12.3 Å². The smallest absolute Gasteiger partial charge is 0.326 e. The van der Waals surface area contributed by atoms with Crippen LogP contribution in [0.25, 0.3) is 0 Å². The van der Waals surface area contributed by atoms with Crippen LogP contribution >= 0.6 is 0 Å². The third kappa shape index (κ3) is 3.83. The highest BCUT2D eigenvalue weighted by Gasteiger charge is 2.23. The van der Waals surface area contributed by atoms with E-state index < -0.39 is 17.9 Å². The second-order valence-electron chi connectivity index (χ2n) is 4.45. The van der Waals surface area contributed by atoms with Gasteiger partial charge in [0.2, 0.25) is 5.82 Å². The van der Waals surface area contributed by atoms with Gasteiger partial charge in [-0.3, -0.25) is 9.89 Å². The van der Waals surface area contributed by atoms with Crippen molar-refractivity contribution in [1.82, 2.24) is 20.5 Å². The zero-order chi connectivity index (χ0) is 13.7. The first-order valence-corrected chi connectivity index (χ1v) is 5.89. The van der Waals surface area contributed by atoms with Crippen molar-refractivity contribution in [2.24, 2.45) is 5.92 Å². The van der Waals surface area contributed by atoms with E-state index in [4.69, 9.17) is 5.11 Å². The highest BCUT2D eigenvalue weighted by Crippen LogP contribution is 2.05. The van der Waals surface area contributed by atoms with E-state index in [1.165, 1.54) is 0 Å². The lowest BCUT2D eigenvalue weighted by molar-refractivity contribution is -0.139. The zero-order valence-corrected chi connectivity index (χ0v) is 10.7. The van der Waals surface area contributed by atoms with E-state index in [0.717, 1.165) is 0 Å². The number of aryl methyl sites for hydroxylation is 1. The molecule has 1 heterocycles. The number of aromatic nitrogens is 3. The van der Waals surface area contributed by atoms with Gasteiger partial charge in [-0.1, -0.05) is 20.8 Å². The van der Waals surface area contributed by atoms with Crippen molar-refractivity contribution in [1.29, 1.82) is 0 Å². The number of aromatic amines is 1. The Labute approximate surface area is 105 Å². The Kier molecular flexibility index (Phi) is 4.82. The number of hydrogen-bond acceptors (Lipinski definition) is 4. The summed E-state index contributed by atoms with van der Waals surface area (Å²) in [7, 11) is 0. The van der Waals surface area contributed by atoms with Crippen LogP contribution in [0, 0.1) is 5.92 Å². The predicted octanol–water partition coefficient (Wildman–Crippen LogP) is 0.596. The molecular formula is C11H18N4O3. The number of carbonyl (C=O) groups excluding carboxylic acids is 1. The SMILES string of the molecule is CCc1nc(C(=O)NC(CC(C)C)C(=O)O)n[nH]1. The highest BCUT2D eigenvalue weighted by atomic mass is 16.4. The summed E-state index contributed by atoms with van der Waals surface area (Å²) in [5.41, 5.74) is 0. The molecule has 3 N–H and O–H groups in total. The maximum atomic E-state index is 11.8. The molecule has 1 aromatic heterocycles. The van der Waals surface area contributed by atoms with Crippen molar-refractivity contribution in [3.05, 3.63) is 11.6 Å². The van der Waals surface area contributed by atoms with Crippen LogP contribution in [-0.2, 0) is 11.2 Å². The predicted molar refractivity (Wildman–Crippen MR) is 64.1 cm³/mol. The fourth-order valence-electron chi connectivity index (χ4n) is 1.47. The number of nitrogens with zero attached hydrogens (tertiary/aromatic N) is 2. The van der Waals surface area contributed by atoms with E-state index in [-0.39, 0.29) is 11.7 Å². The number of carboxylic acids is 1. The van der Waals surface area contributed by atoms with Gasteiger partial charge in [0.1, 0.15) is 11.9 Å². The largest absolute Gasteiger partial charge is 0.480 e. The topological polar surface area (TPSA) is 108 Å². The molecule has 0 aliphatic heterocycles. The molecule has 0 aliphatic rings. The number of carboxylic acid groups (broad SMARTS) is 1. The van der Waals surface area contributed by atoms with E-state index in [9.17, 15) is 9.59 Å². The van der Waals surface area contributed by atoms with Gasteiger partial charge in [0.15, 0.2) is 0 Å². The molecule has 0 bridgehead atoms. The molecule has 0 aromatic carbocycles. The van der Waals surface area contributed by atoms with Crippen molar-refractivity contribution in [3.63, 3.8) is 0 Å². The van der Waals surface area contributed by atoms with Gasteiger partial charge >= 0.3 is 5.97 Å². The van der Waals surface area contributed by atoms with Gasteiger partial charge < -0.3 is 10.4 Å². The first-order chi connectivity index (χ1) is 8.43. The van der Waals surface area contributed by atoms with Crippen LogP contribution in [0.4, 0.5) is 0 Å². The van der Waals surface area contributed by atoms with E-state index in [0.29, 0.717) is 18.7 Å². The number of H-pyrrole nitrogens is 1. The minimum atomic E-state index is -1.05.